The van der Waals surface area contributed by atoms with Crippen LogP contribution < -0.4 is 5.73 Å². The van der Waals surface area contributed by atoms with Crippen molar-refractivity contribution in [3.05, 3.63) is 35.5 Å². The van der Waals surface area contributed by atoms with Crippen molar-refractivity contribution < 1.29 is 0 Å². The molecule has 1 aromatic carbocycles. The lowest BCUT2D eigenvalue weighted by atomic mass is 10.0. The summed E-state index contributed by atoms with van der Waals surface area (Å²) in [5.74, 6) is 0.559. The first-order chi connectivity index (χ1) is 8.17. The number of hydrogen-bond donors (Lipinski definition) is 1. The molecule has 0 saturated heterocycles. The molecule has 0 saturated carbocycles. The van der Waals surface area contributed by atoms with Crippen LogP contribution in [-0.4, -0.2) is 11.1 Å². The van der Waals surface area contributed by atoms with Gasteiger partial charge in [-0.05, 0) is 35.6 Å². The lowest BCUT2D eigenvalue weighted by Crippen LogP contribution is -2.08. The topological polar surface area (TPSA) is 30.9 Å². The Labute approximate surface area is 103 Å². The molecule has 0 unspecified atom stereocenters. The van der Waals surface area contributed by atoms with Crippen LogP contribution in [-0.2, 0) is 13.0 Å². The third kappa shape index (κ3) is 2.22. The molecule has 0 aliphatic heterocycles. The largest absolute Gasteiger partial charge is 0.346 e. The first-order valence-corrected chi connectivity index (χ1v) is 6.49. The Morgan fingerprint density at radius 2 is 2.06 bits per heavy atom. The number of nitrogens with zero attached hydrogens (tertiary/aromatic N) is 1. The van der Waals surface area contributed by atoms with Gasteiger partial charge in [0.25, 0.3) is 0 Å². The highest BCUT2D eigenvalue weighted by Gasteiger charge is 2.11. The van der Waals surface area contributed by atoms with Crippen molar-refractivity contribution in [2.45, 2.75) is 39.7 Å². The summed E-state index contributed by atoms with van der Waals surface area (Å²) in [4.78, 5) is 0. The Morgan fingerprint density at radius 1 is 1.29 bits per heavy atom. The molecule has 2 heteroatoms. The van der Waals surface area contributed by atoms with Crippen LogP contribution in [0.4, 0.5) is 0 Å². The number of aryl methyl sites for hydroxylation is 1. The summed E-state index contributed by atoms with van der Waals surface area (Å²) >= 11 is 0. The zero-order valence-corrected chi connectivity index (χ0v) is 11.0. The lowest BCUT2D eigenvalue weighted by molar-refractivity contribution is 0.727. The predicted octanol–water partition coefficient (Wildman–Crippen LogP) is 3.29. The Hall–Kier alpha value is -1.28. The molecule has 0 radical (unpaired) electrons. The Bertz CT molecular complexity index is 509. The monoisotopic (exact) mass is 230 g/mol. The molecule has 2 rings (SSSR count). The highest BCUT2D eigenvalue weighted by atomic mass is 15.0. The lowest BCUT2D eigenvalue weighted by Gasteiger charge is -2.04. The van der Waals surface area contributed by atoms with Gasteiger partial charge < -0.3 is 10.3 Å². The van der Waals surface area contributed by atoms with Crippen LogP contribution in [0.25, 0.3) is 10.9 Å². The molecule has 0 bridgehead atoms. The van der Waals surface area contributed by atoms with Gasteiger partial charge in [0.1, 0.15) is 0 Å². The molecule has 0 spiro atoms. The molecule has 0 amide bonds. The normalized spacial score (nSPS) is 11.6. The average Bonchev–Trinajstić information content (AvgIpc) is 2.68. The minimum atomic E-state index is 0.559. The molecule has 17 heavy (non-hydrogen) atoms. The van der Waals surface area contributed by atoms with E-state index in [2.05, 4.69) is 49.7 Å². The number of aromatic nitrogens is 1. The van der Waals surface area contributed by atoms with E-state index in [1.165, 1.54) is 22.0 Å². The maximum Gasteiger partial charge on any atom is 0.0483 e. The van der Waals surface area contributed by atoms with Crippen molar-refractivity contribution in [3.63, 3.8) is 0 Å². The van der Waals surface area contributed by atoms with Crippen molar-refractivity contribution in [2.24, 2.45) is 5.73 Å². The van der Waals surface area contributed by atoms with Gasteiger partial charge in [-0.2, -0.15) is 0 Å². The summed E-state index contributed by atoms with van der Waals surface area (Å²) < 4.78 is 2.28. The van der Waals surface area contributed by atoms with Crippen LogP contribution in [0.2, 0.25) is 0 Å². The average molecular weight is 230 g/mol. The number of nitrogens with two attached hydrogens (primary N) is 1. The summed E-state index contributed by atoms with van der Waals surface area (Å²) in [5, 5.41) is 1.40. The number of benzene rings is 1. The fourth-order valence-electron chi connectivity index (χ4n) is 2.38. The van der Waals surface area contributed by atoms with Gasteiger partial charge >= 0.3 is 0 Å². The van der Waals surface area contributed by atoms with E-state index >= 15 is 0 Å². The van der Waals surface area contributed by atoms with Crippen molar-refractivity contribution >= 4 is 10.9 Å². The van der Waals surface area contributed by atoms with Gasteiger partial charge in [-0.25, -0.2) is 0 Å². The third-order valence-corrected chi connectivity index (χ3v) is 3.38. The number of hydrogen-bond acceptors (Lipinski definition) is 1. The quantitative estimate of drug-likeness (QED) is 0.858. The maximum absolute atomic E-state index is 5.67. The second-order valence-electron chi connectivity index (χ2n) is 4.93. The summed E-state index contributed by atoms with van der Waals surface area (Å²) in [6.45, 7) is 8.29. The molecule has 2 N–H and O–H groups in total. The van der Waals surface area contributed by atoms with Gasteiger partial charge in [0.2, 0.25) is 0 Å². The van der Waals surface area contributed by atoms with E-state index in [0.29, 0.717) is 12.5 Å². The standard InChI is InChI=1S/C15H22N2/c1-4-12-5-6-15-13(9-12)14(11(2)3)10-17(15)8-7-16/h5-6,9-11H,4,7-8,16H2,1-3H3. The van der Waals surface area contributed by atoms with E-state index in [0.717, 1.165) is 13.0 Å². The zero-order valence-electron chi connectivity index (χ0n) is 11.0. The molecular weight excluding hydrogens is 208 g/mol. The maximum atomic E-state index is 5.67. The van der Waals surface area contributed by atoms with Crippen molar-refractivity contribution in [1.82, 2.24) is 4.57 Å². The fourth-order valence-corrected chi connectivity index (χ4v) is 2.38. The third-order valence-electron chi connectivity index (χ3n) is 3.38. The summed E-state index contributed by atoms with van der Waals surface area (Å²) in [6, 6.07) is 6.78. The van der Waals surface area contributed by atoms with Crippen LogP contribution in [0, 0.1) is 0 Å². The van der Waals surface area contributed by atoms with E-state index in [4.69, 9.17) is 5.73 Å². The van der Waals surface area contributed by atoms with Crippen molar-refractivity contribution in [2.75, 3.05) is 6.54 Å². The molecule has 92 valence electrons. The van der Waals surface area contributed by atoms with Gasteiger partial charge in [0, 0.05) is 30.2 Å². The summed E-state index contributed by atoms with van der Waals surface area (Å²) in [5.41, 5.74) is 9.83. The minimum Gasteiger partial charge on any atom is -0.346 e. The summed E-state index contributed by atoms with van der Waals surface area (Å²) in [7, 11) is 0. The highest BCUT2D eigenvalue weighted by molar-refractivity contribution is 5.85. The SMILES string of the molecule is CCc1ccc2c(c1)c(C(C)C)cn2CCN. The second kappa shape index (κ2) is 4.92. The number of rotatable bonds is 4. The smallest absolute Gasteiger partial charge is 0.0483 e. The predicted molar refractivity (Wildman–Crippen MR) is 74.5 cm³/mol. The molecule has 1 aromatic heterocycles. The van der Waals surface area contributed by atoms with Gasteiger partial charge in [-0.1, -0.05) is 26.8 Å². The molecule has 0 atom stereocenters. The fraction of sp³-hybridized carbons (Fsp3) is 0.467. The van der Waals surface area contributed by atoms with Crippen molar-refractivity contribution in [1.29, 1.82) is 0 Å². The Morgan fingerprint density at radius 3 is 2.65 bits per heavy atom. The van der Waals surface area contributed by atoms with E-state index in [1.54, 1.807) is 0 Å². The molecule has 2 nitrogen and oxygen atoms in total. The van der Waals surface area contributed by atoms with Crippen LogP contribution in [0.15, 0.2) is 24.4 Å². The first kappa shape index (κ1) is 12.2. The van der Waals surface area contributed by atoms with Crippen molar-refractivity contribution in [3.8, 4) is 0 Å². The molecule has 1 heterocycles. The minimum absolute atomic E-state index is 0.559. The van der Waals surface area contributed by atoms with Gasteiger partial charge in [-0.3, -0.25) is 0 Å². The molecular formula is C15H22N2. The molecule has 2 aromatic rings. The van der Waals surface area contributed by atoms with Crippen LogP contribution >= 0.6 is 0 Å². The molecule has 0 fully saturated rings. The Balaban J connectivity index is 2.63. The van der Waals surface area contributed by atoms with Gasteiger partial charge in [0.15, 0.2) is 0 Å². The van der Waals surface area contributed by atoms with Crippen LogP contribution in [0.3, 0.4) is 0 Å². The summed E-state index contributed by atoms with van der Waals surface area (Å²) in [6.07, 6.45) is 3.36. The first-order valence-electron chi connectivity index (χ1n) is 6.49. The van der Waals surface area contributed by atoms with Gasteiger partial charge in [-0.15, -0.1) is 0 Å². The van der Waals surface area contributed by atoms with E-state index in [1.807, 2.05) is 0 Å². The number of fused-ring (bicyclic) bond motifs is 1. The molecule has 0 aliphatic rings. The van der Waals surface area contributed by atoms with E-state index < -0.39 is 0 Å². The van der Waals surface area contributed by atoms with E-state index in [9.17, 15) is 0 Å². The zero-order chi connectivity index (χ0) is 12.4. The second-order valence-corrected chi connectivity index (χ2v) is 4.93. The van der Waals surface area contributed by atoms with Gasteiger partial charge in [0.05, 0.1) is 0 Å². The Kier molecular flexibility index (Phi) is 3.53. The van der Waals surface area contributed by atoms with E-state index in [-0.39, 0.29) is 0 Å². The highest BCUT2D eigenvalue weighted by Crippen LogP contribution is 2.28. The molecule has 0 aliphatic carbocycles. The van der Waals surface area contributed by atoms with Crippen LogP contribution in [0.1, 0.15) is 37.8 Å². The van der Waals surface area contributed by atoms with Crippen LogP contribution in [0.5, 0.6) is 0 Å².